The summed E-state index contributed by atoms with van der Waals surface area (Å²) in [4.78, 5) is 22.1. The highest BCUT2D eigenvalue weighted by atomic mass is 16.6. The second-order valence-electron chi connectivity index (χ2n) is 5.02. The molecule has 1 aromatic carbocycles. The van der Waals surface area contributed by atoms with Crippen LogP contribution in [-0.2, 0) is 4.79 Å². The summed E-state index contributed by atoms with van der Waals surface area (Å²) in [6.07, 6.45) is 6.06. The smallest absolute Gasteiger partial charge is 0.276 e. The van der Waals surface area contributed by atoms with Crippen molar-refractivity contribution in [1.82, 2.24) is 10.6 Å². The molecule has 2 rings (SSSR count). The monoisotopic (exact) mass is 289 g/mol. The van der Waals surface area contributed by atoms with Crippen molar-refractivity contribution in [3.05, 3.63) is 46.0 Å². The largest absolute Gasteiger partial charge is 0.352 e. The predicted octanol–water partition coefficient (Wildman–Crippen LogP) is 1.87. The maximum atomic E-state index is 11.7. The van der Waals surface area contributed by atoms with E-state index in [9.17, 15) is 14.9 Å². The summed E-state index contributed by atoms with van der Waals surface area (Å²) in [6, 6.07) is 6.83. The Balaban J connectivity index is 1.82. The van der Waals surface area contributed by atoms with Crippen molar-refractivity contribution in [3.8, 4) is 0 Å². The van der Waals surface area contributed by atoms with Crippen molar-refractivity contribution < 1.29 is 9.72 Å². The standard InChI is InChI=1S/C15H19N3O3/c19-15(17-11-9-13-5-3-10-16-13)8-7-12-4-1-2-6-14(12)18(20)21/h1-2,4,6-8,13,16H,3,5,9-11H2,(H,17,19)/b8-7+. The van der Waals surface area contributed by atoms with Crippen LogP contribution in [-0.4, -0.2) is 30.0 Å². The fraction of sp³-hybridized carbons (Fsp3) is 0.400. The molecular weight excluding hydrogens is 270 g/mol. The minimum atomic E-state index is -0.455. The normalized spacial score (nSPS) is 18.0. The fourth-order valence-electron chi connectivity index (χ4n) is 2.39. The van der Waals surface area contributed by atoms with Gasteiger partial charge >= 0.3 is 0 Å². The highest BCUT2D eigenvalue weighted by Gasteiger charge is 2.13. The van der Waals surface area contributed by atoms with E-state index in [1.165, 1.54) is 24.6 Å². The Labute approximate surface area is 123 Å². The third-order valence-corrected chi connectivity index (χ3v) is 3.50. The Kier molecular flexibility index (Phi) is 5.45. The first-order valence-electron chi connectivity index (χ1n) is 7.09. The van der Waals surface area contributed by atoms with Gasteiger partial charge in [-0.05, 0) is 37.9 Å². The van der Waals surface area contributed by atoms with E-state index in [2.05, 4.69) is 10.6 Å². The maximum absolute atomic E-state index is 11.7. The minimum absolute atomic E-state index is 0.00305. The van der Waals surface area contributed by atoms with E-state index >= 15 is 0 Å². The number of benzene rings is 1. The average Bonchev–Trinajstić information content (AvgIpc) is 2.98. The van der Waals surface area contributed by atoms with Gasteiger partial charge in [0.05, 0.1) is 10.5 Å². The van der Waals surface area contributed by atoms with Crippen LogP contribution in [0.15, 0.2) is 30.3 Å². The molecule has 0 bridgehead atoms. The van der Waals surface area contributed by atoms with Gasteiger partial charge in [-0.1, -0.05) is 12.1 Å². The van der Waals surface area contributed by atoms with Gasteiger partial charge in [-0.15, -0.1) is 0 Å². The lowest BCUT2D eigenvalue weighted by atomic mass is 10.1. The van der Waals surface area contributed by atoms with Crippen molar-refractivity contribution in [2.75, 3.05) is 13.1 Å². The number of nitrogens with one attached hydrogen (secondary N) is 2. The molecule has 21 heavy (non-hydrogen) atoms. The third kappa shape index (κ3) is 4.68. The van der Waals surface area contributed by atoms with Crippen molar-refractivity contribution in [2.24, 2.45) is 0 Å². The van der Waals surface area contributed by atoms with Gasteiger partial charge in [0, 0.05) is 24.7 Å². The molecule has 0 aliphatic carbocycles. The van der Waals surface area contributed by atoms with E-state index in [4.69, 9.17) is 0 Å². The van der Waals surface area contributed by atoms with Crippen LogP contribution in [0.4, 0.5) is 5.69 Å². The summed E-state index contributed by atoms with van der Waals surface area (Å²) < 4.78 is 0. The molecule has 1 atom stereocenters. The van der Waals surface area contributed by atoms with Crippen molar-refractivity contribution >= 4 is 17.7 Å². The van der Waals surface area contributed by atoms with Crippen LogP contribution in [0.25, 0.3) is 6.08 Å². The number of carbonyl (C=O) groups is 1. The molecule has 112 valence electrons. The van der Waals surface area contributed by atoms with Crippen LogP contribution in [0, 0.1) is 10.1 Å². The number of nitrogens with zero attached hydrogens (tertiary/aromatic N) is 1. The average molecular weight is 289 g/mol. The summed E-state index contributed by atoms with van der Waals surface area (Å²) in [5.74, 6) is -0.230. The van der Waals surface area contributed by atoms with Crippen molar-refractivity contribution in [2.45, 2.75) is 25.3 Å². The molecule has 1 fully saturated rings. The lowest BCUT2D eigenvalue weighted by Gasteiger charge is -2.09. The van der Waals surface area contributed by atoms with Gasteiger partial charge in [-0.3, -0.25) is 14.9 Å². The van der Waals surface area contributed by atoms with Gasteiger partial charge < -0.3 is 10.6 Å². The second-order valence-corrected chi connectivity index (χ2v) is 5.02. The molecule has 1 aliphatic rings. The van der Waals surface area contributed by atoms with Crippen molar-refractivity contribution in [3.63, 3.8) is 0 Å². The molecule has 0 radical (unpaired) electrons. The van der Waals surface area contributed by atoms with Crippen LogP contribution in [0.5, 0.6) is 0 Å². The highest BCUT2D eigenvalue weighted by Crippen LogP contribution is 2.18. The number of para-hydroxylation sites is 1. The lowest BCUT2D eigenvalue weighted by Crippen LogP contribution is -2.29. The van der Waals surface area contributed by atoms with Gasteiger partial charge in [0.15, 0.2) is 0 Å². The second kappa shape index (κ2) is 7.54. The Bertz CT molecular complexity index is 537. The molecule has 2 N–H and O–H groups in total. The first kappa shape index (κ1) is 15.2. The zero-order valence-corrected chi connectivity index (χ0v) is 11.7. The van der Waals surface area contributed by atoms with Gasteiger partial charge in [-0.25, -0.2) is 0 Å². The summed E-state index contributed by atoms with van der Waals surface area (Å²) in [7, 11) is 0. The van der Waals surface area contributed by atoms with Gasteiger partial charge in [0.25, 0.3) is 5.69 Å². The minimum Gasteiger partial charge on any atom is -0.352 e. The van der Waals surface area contributed by atoms with Gasteiger partial charge in [-0.2, -0.15) is 0 Å². The number of nitro benzene ring substituents is 1. The number of hydrogen-bond donors (Lipinski definition) is 2. The molecule has 0 aromatic heterocycles. The predicted molar refractivity (Wildman–Crippen MR) is 80.8 cm³/mol. The van der Waals surface area contributed by atoms with Gasteiger partial charge in [0.1, 0.15) is 0 Å². The molecule has 1 heterocycles. The number of hydrogen-bond acceptors (Lipinski definition) is 4. The topological polar surface area (TPSA) is 84.3 Å². The highest BCUT2D eigenvalue weighted by molar-refractivity contribution is 5.92. The molecule has 0 saturated carbocycles. The van der Waals surface area contributed by atoms with E-state index in [1.54, 1.807) is 18.2 Å². The van der Waals surface area contributed by atoms with Crippen LogP contribution in [0.2, 0.25) is 0 Å². The number of amides is 1. The summed E-state index contributed by atoms with van der Waals surface area (Å²) in [5.41, 5.74) is 0.423. The first-order valence-corrected chi connectivity index (χ1v) is 7.09. The van der Waals surface area contributed by atoms with Crippen LogP contribution >= 0.6 is 0 Å². The van der Waals surface area contributed by atoms with Gasteiger partial charge in [0.2, 0.25) is 5.91 Å². The molecule has 1 aliphatic heterocycles. The van der Waals surface area contributed by atoms with E-state index in [0.29, 0.717) is 18.2 Å². The number of rotatable bonds is 6. The van der Waals surface area contributed by atoms with Crippen molar-refractivity contribution in [1.29, 1.82) is 0 Å². The Morgan fingerprint density at radius 2 is 2.29 bits per heavy atom. The van der Waals surface area contributed by atoms with Crippen LogP contribution < -0.4 is 10.6 Å². The molecular formula is C15H19N3O3. The third-order valence-electron chi connectivity index (χ3n) is 3.50. The zero-order chi connectivity index (χ0) is 15.1. The van der Waals surface area contributed by atoms with Crippen LogP contribution in [0.1, 0.15) is 24.8 Å². The SMILES string of the molecule is O=C(/C=C/c1ccccc1[N+](=O)[O-])NCCC1CCCN1. The Morgan fingerprint density at radius 3 is 3.00 bits per heavy atom. The number of carbonyl (C=O) groups excluding carboxylic acids is 1. The molecule has 6 nitrogen and oxygen atoms in total. The molecule has 6 heteroatoms. The number of nitro groups is 1. The molecule has 1 amide bonds. The van der Waals surface area contributed by atoms with E-state index in [1.807, 2.05) is 0 Å². The van der Waals surface area contributed by atoms with Crippen LogP contribution in [0.3, 0.4) is 0 Å². The maximum Gasteiger partial charge on any atom is 0.276 e. The van der Waals surface area contributed by atoms with E-state index in [-0.39, 0.29) is 11.6 Å². The molecule has 1 unspecified atom stereocenters. The Morgan fingerprint density at radius 1 is 1.48 bits per heavy atom. The van der Waals surface area contributed by atoms with E-state index < -0.39 is 4.92 Å². The summed E-state index contributed by atoms with van der Waals surface area (Å²) in [6.45, 7) is 1.66. The fourth-order valence-corrected chi connectivity index (χ4v) is 2.39. The summed E-state index contributed by atoms with van der Waals surface area (Å²) in [5, 5.41) is 17.0. The quantitative estimate of drug-likeness (QED) is 0.475. The van der Waals surface area contributed by atoms with E-state index in [0.717, 1.165) is 19.4 Å². The zero-order valence-electron chi connectivity index (χ0n) is 11.7. The molecule has 1 aromatic rings. The molecule has 0 spiro atoms. The summed E-state index contributed by atoms with van der Waals surface area (Å²) >= 11 is 0. The lowest BCUT2D eigenvalue weighted by molar-refractivity contribution is -0.385. The Hall–Kier alpha value is -2.21. The first-order chi connectivity index (χ1) is 10.2. The molecule has 1 saturated heterocycles.